The van der Waals surface area contributed by atoms with Gasteiger partial charge in [0.05, 0.1) is 0 Å². The van der Waals surface area contributed by atoms with Crippen molar-refractivity contribution in [3.05, 3.63) is 12.2 Å². The molecule has 1 N–H and O–H groups in total. The Labute approximate surface area is 170 Å². The fraction of sp³-hybridized carbons (Fsp3) is 0.880. The fourth-order valence-corrected chi connectivity index (χ4v) is 3.59. The zero-order valence-electron chi connectivity index (χ0n) is 18.4. The van der Waals surface area contributed by atoms with E-state index >= 15 is 0 Å². The molecule has 0 rings (SSSR count). The smallest absolute Gasteiger partial charge is 0.303 e. The minimum atomic E-state index is -0.684. The molecule has 0 fully saturated rings. The molecule has 0 heterocycles. The van der Waals surface area contributed by atoms with Gasteiger partial charge in [0.25, 0.3) is 0 Å². The molecule has 0 bridgehead atoms. The van der Waals surface area contributed by atoms with E-state index in [1.807, 2.05) is 0 Å². The van der Waals surface area contributed by atoms with Gasteiger partial charge in [0.1, 0.15) is 0 Å². The number of rotatable bonds is 22. The highest BCUT2D eigenvalue weighted by Crippen LogP contribution is 2.14. The number of carbonyl (C=O) groups is 1. The molecule has 160 valence electrons. The van der Waals surface area contributed by atoms with Crippen molar-refractivity contribution in [2.24, 2.45) is 0 Å². The summed E-state index contributed by atoms with van der Waals surface area (Å²) in [6.45, 7) is 2.29. The summed E-state index contributed by atoms with van der Waals surface area (Å²) in [4.78, 5) is 10.4. The summed E-state index contributed by atoms with van der Waals surface area (Å²) in [5.74, 6) is -0.684. The second-order valence-corrected chi connectivity index (χ2v) is 8.20. The summed E-state index contributed by atoms with van der Waals surface area (Å²) in [5.41, 5.74) is 0. The van der Waals surface area contributed by atoms with E-state index in [0.29, 0.717) is 6.42 Å². The van der Waals surface area contributed by atoms with E-state index in [2.05, 4.69) is 19.1 Å². The Bertz CT molecular complexity index is 322. The zero-order valence-corrected chi connectivity index (χ0v) is 18.4. The third-order valence-corrected chi connectivity index (χ3v) is 5.40. The Kier molecular flexibility index (Phi) is 22.6. The molecule has 0 atom stereocenters. The number of aliphatic carboxylic acids is 1. The van der Waals surface area contributed by atoms with Gasteiger partial charge in [0, 0.05) is 6.42 Å². The van der Waals surface area contributed by atoms with Crippen LogP contribution in [0.2, 0.25) is 0 Å². The summed E-state index contributed by atoms with van der Waals surface area (Å²) in [6.07, 6.45) is 31.6. The van der Waals surface area contributed by atoms with Crippen LogP contribution in [-0.4, -0.2) is 11.1 Å². The number of carboxylic acids is 1. The Morgan fingerprint density at radius 1 is 0.556 bits per heavy atom. The minimum absolute atomic E-state index is 0.295. The number of allylic oxidation sites excluding steroid dienone is 2. The molecule has 0 spiro atoms. The predicted octanol–water partition coefficient (Wildman–Crippen LogP) is 8.84. The molecule has 0 saturated heterocycles. The lowest BCUT2D eigenvalue weighted by Crippen LogP contribution is -1.92. The van der Waals surface area contributed by atoms with Crippen LogP contribution in [0, 0.1) is 0 Å². The summed E-state index contributed by atoms with van der Waals surface area (Å²) >= 11 is 0. The van der Waals surface area contributed by atoms with Crippen molar-refractivity contribution in [1.29, 1.82) is 0 Å². The predicted molar refractivity (Wildman–Crippen MR) is 119 cm³/mol. The first kappa shape index (κ1) is 26.2. The van der Waals surface area contributed by atoms with Gasteiger partial charge in [-0.2, -0.15) is 0 Å². The van der Waals surface area contributed by atoms with Crippen LogP contribution in [0.3, 0.4) is 0 Å². The van der Waals surface area contributed by atoms with Gasteiger partial charge in [-0.1, -0.05) is 122 Å². The van der Waals surface area contributed by atoms with E-state index in [9.17, 15) is 4.79 Å². The SMILES string of the molecule is CCCCCCCCCCCCCCCCCCC/C=C\CCCC(=O)O. The van der Waals surface area contributed by atoms with Crippen LogP contribution in [-0.2, 0) is 4.79 Å². The number of hydrogen-bond acceptors (Lipinski definition) is 1. The third kappa shape index (κ3) is 25.2. The van der Waals surface area contributed by atoms with Gasteiger partial charge in [0.2, 0.25) is 0 Å². The molecule has 0 saturated carbocycles. The highest BCUT2D eigenvalue weighted by Gasteiger charge is 1.95. The topological polar surface area (TPSA) is 37.3 Å². The Balaban J connectivity index is 3.05. The summed E-state index contributed by atoms with van der Waals surface area (Å²) in [5, 5.41) is 8.55. The molecule has 0 unspecified atom stereocenters. The van der Waals surface area contributed by atoms with Crippen molar-refractivity contribution in [1.82, 2.24) is 0 Å². The van der Waals surface area contributed by atoms with E-state index in [1.165, 1.54) is 109 Å². The lowest BCUT2D eigenvalue weighted by Gasteiger charge is -2.03. The van der Waals surface area contributed by atoms with Gasteiger partial charge in [0.15, 0.2) is 0 Å². The molecule has 27 heavy (non-hydrogen) atoms. The minimum Gasteiger partial charge on any atom is -0.481 e. The molecule has 0 aromatic rings. The molecule has 0 aromatic heterocycles. The maximum atomic E-state index is 10.4. The quantitative estimate of drug-likeness (QED) is 0.150. The standard InChI is InChI=1S/C25H48O2/c1-2-3-4-5-6-7-8-9-10-11-12-13-14-15-16-17-18-19-20-21-22-23-24-25(26)27/h20-21H,2-19,22-24H2,1H3,(H,26,27)/b21-20-. The maximum absolute atomic E-state index is 10.4. The van der Waals surface area contributed by atoms with Gasteiger partial charge < -0.3 is 5.11 Å². The average molecular weight is 381 g/mol. The van der Waals surface area contributed by atoms with Crippen LogP contribution >= 0.6 is 0 Å². The monoisotopic (exact) mass is 380 g/mol. The van der Waals surface area contributed by atoms with Crippen LogP contribution in [0.5, 0.6) is 0 Å². The second-order valence-electron chi connectivity index (χ2n) is 8.20. The van der Waals surface area contributed by atoms with Crippen LogP contribution in [0.4, 0.5) is 0 Å². The Hall–Kier alpha value is -0.790. The van der Waals surface area contributed by atoms with Crippen molar-refractivity contribution in [3.63, 3.8) is 0 Å². The van der Waals surface area contributed by atoms with Crippen molar-refractivity contribution in [3.8, 4) is 0 Å². The molecule has 2 heteroatoms. The molecule has 2 nitrogen and oxygen atoms in total. The van der Waals surface area contributed by atoms with Crippen LogP contribution in [0.15, 0.2) is 12.2 Å². The largest absolute Gasteiger partial charge is 0.481 e. The van der Waals surface area contributed by atoms with Crippen molar-refractivity contribution >= 4 is 5.97 Å². The Morgan fingerprint density at radius 3 is 1.26 bits per heavy atom. The molecule has 0 amide bonds. The number of unbranched alkanes of at least 4 members (excludes halogenated alkanes) is 18. The van der Waals surface area contributed by atoms with Crippen molar-refractivity contribution in [2.75, 3.05) is 0 Å². The molecule has 0 aliphatic heterocycles. The molecular formula is C25H48O2. The third-order valence-electron chi connectivity index (χ3n) is 5.40. The summed E-state index contributed by atoms with van der Waals surface area (Å²) in [7, 11) is 0. The van der Waals surface area contributed by atoms with E-state index in [1.54, 1.807) is 0 Å². The molecule has 0 radical (unpaired) electrons. The molecule has 0 aliphatic rings. The van der Waals surface area contributed by atoms with E-state index in [-0.39, 0.29) is 0 Å². The van der Waals surface area contributed by atoms with Gasteiger partial charge >= 0.3 is 5.97 Å². The normalized spacial score (nSPS) is 11.4. The molecular weight excluding hydrogens is 332 g/mol. The van der Waals surface area contributed by atoms with Crippen LogP contribution < -0.4 is 0 Å². The molecule has 0 aliphatic carbocycles. The van der Waals surface area contributed by atoms with Crippen molar-refractivity contribution < 1.29 is 9.90 Å². The summed E-state index contributed by atoms with van der Waals surface area (Å²) in [6, 6.07) is 0. The zero-order chi connectivity index (χ0) is 19.8. The number of hydrogen-bond donors (Lipinski definition) is 1. The first-order valence-electron chi connectivity index (χ1n) is 12.1. The average Bonchev–Trinajstić information content (AvgIpc) is 2.65. The van der Waals surface area contributed by atoms with E-state index < -0.39 is 5.97 Å². The first-order chi connectivity index (χ1) is 13.3. The van der Waals surface area contributed by atoms with Gasteiger partial charge in [-0.05, 0) is 25.7 Å². The van der Waals surface area contributed by atoms with Crippen LogP contribution in [0.25, 0.3) is 0 Å². The van der Waals surface area contributed by atoms with E-state index in [4.69, 9.17) is 5.11 Å². The second kappa shape index (κ2) is 23.2. The highest BCUT2D eigenvalue weighted by molar-refractivity contribution is 5.66. The fourth-order valence-electron chi connectivity index (χ4n) is 3.59. The summed E-state index contributed by atoms with van der Waals surface area (Å²) < 4.78 is 0. The number of carboxylic acid groups (broad SMARTS) is 1. The van der Waals surface area contributed by atoms with Crippen molar-refractivity contribution in [2.45, 2.75) is 142 Å². The molecule has 0 aromatic carbocycles. The van der Waals surface area contributed by atoms with Gasteiger partial charge in [-0.3, -0.25) is 4.79 Å². The van der Waals surface area contributed by atoms with Crippen LogP contribution in [0.1, 0.15) is 142 Å². The lowest BCUT2D eigenvalue weighted by molar-refractivity contribution is -0.137. The maximum Gasteiger partial charge on any atom is 0.303 e. The lowest BCUT2D eigenvalue weighted by atomic mass is 10.0. The Morgan fingerprint density at radius 2 is 0.889 bits per heavy atom. The van der Waals surface area contributed by atoms with Gasteiger partial charge in [-0.25, -0.2) is 0 Å². The highest BCUT2D eigenvalue weighted by atomic mass is 16.4. The van der Waals surface area contributed by atoms with Gasteiger partial charge in [-0.15, -0.1) is 0 Å². The van der Waals surface area contributed by atoms with E-state index in [0.717, 1.165) is 19.3 Å². The first-order valence-corrected chi connectivity index (χ1v) is 12.1.